The van der Waals surface area contributed by atoms with Gasteiger partial charge >= 0.3 is 0 Å². The first kappa shape index (κ1) is 16.9. The van der Waals surface area contributed by atoms with Crippen LogP contribution < -0.4 is 5.32 Å². The Morgan fingerprint density at radius 3 is 2.54 bits per heavy atom. The molecule has 0 unspecified atom stereocenters. The van der Waals surface area contributed by atoms with E-state index < -0.39 is 0 Å². The third kappa shape index (κ3) is 3.36. The quantitative estimate of drug-likeness (QED) is 0.508. The summed E-state index contributed by atoms with van der Waals surface area (Å²) in [5, 5.41) is 8.84. The molecule has 0 spiro atoms. The largest absolute Gasteiger partial charge is 0.340 e. The van der Waals surface area contributed by atoms with Gasteiger partial charge in [-0.2, -0.15) is 10.1 Å². The zero-order valence-electron chi connectivity index (χ0n) is 15.8. The van der Waals surface area contributed by atoms with Gasteiger partial charge in [0.05, 0.1) is 5.52 Å². The van der Waals surface area contributed by atoms with Crippen LogP contribution >= 0.6 is 0 Å². The molecule has 2 aromatic heterocycles. The molecule has 4 aromatic rings. The van der Waals surface area contributed by atoms with Crippen LogP contribution in [0.4, 0.5) is 11.5 Å². The molecule has 0 radical (unpaired) electrons. The summed E-state index contributed by atoms with van der Waals surface area (Å²) in [4.78, 5) is 9.56. The van der Waals surface area contributed by atoms with E-state index >= 15 is 0 Å². The topological polar surface area (TPSA) is 55.6 Å². The maximum Gasteiger partial charge on any atom is 0.253 e. The van der Waals surface area contributed by atoms with Crippen molar-refractivity contribution in [3.8, 4) is 5.95 Å². The highest BCUT2D eigenvalue weighted by Gasteiger charge is 2.17. The van der Waals surface area contributed by atoms with Crippen LogP contribution in [0.5, 0.6) is 0 Å². The third-order valence-corrected chi connectivity index (χ3v) is 5.53. The molecule has 5 heteroatoms. The number of anilines is 2. The van der Waals surface area contributed by atoms with Crippen LogP contribution in [0.25, 0.3) is 16.9 Å². The molecule has 1 aliphatic rings. The molecule has 0 bridgehead atoms. The molecule has 0 atom stereocenters. The molecule has 0 amide bonds. The summed E-state index contributed by atoms with van der Waals surface area (Å²) in [5.74, 6) is 2.04. The second kappa shape index (κ2) is 7.43. The van der Waals surface area contributed by atoms with E-state index in [1.165, 1.54) is 37.7 Å². The number of aromatic nitrogens is 4. The number of rotatable bonds is 4. The predicted molar refractivity (Wildman–Crippen MR) is 112 cm³/mol. The first-order chi connectivity index (χ1) is 13.9. The Labute approximate surface area is 164 Å². The summed E-state index contributed by atoms with van der Waals surface area (Å²) in [7, 11) is 0. The SMILES string of the molecule is c1ccc(Nc2nc(-n3cccn3)nc3ccc(C4CCCCC4)cc23)cc1. The van der Waals surface area contributed by atoms with Crippen molar-refractivity contribution in [2.24, 2.45) is 0 Å². The van der Waals surface area contributed by atoms with Gasteiger partial charge in [0.1, 0.15) is 5.82 Å². The van der Waals surface area contributed by atoms with Gasteiger partial charge in [-0.1, -0.05) is 43.5 Å². The monoisotopic (exact) mass is 369 g/mol. The molecule has 2 aromatic carbocycles. The van der Waals surface area contributed by atoms with Crippen LogP contribution in [0.1, 0.15) is 43.6 Å². The molecule has 5 rings (SSSR count). The highest BCUT2D eigenvalue weighted by molar-refractivity contribution is 5.92. The summed E-state index contributed by atoms with van der Waals surface area (Å²) < 4.78 is 1.70. The molecular weight excluding hydrogens is 346 g/mol. The fourth-order valence-corrected chi connectivity index (χ4v) is 4.07. The number of para-hydroxylation sites is 1. The molecule has 5 nitrogen and oxygen atoms in total. The molecule has 2 heterocycles. The van der Waals surface area contributed by atoms with Gasteiger partial charge in [0.15, 0.2) is 0 Å². The van der Waals surface area contributed by atoms with Gasteiger partial charge in [0, 0.05) is 23.5 Å². The Bertz CT molecular complexity index is 1070. The molecule has 1 saturated carbocycles. The average Bonchev–Trinajstić information content (AvgIpc) is 3.30. The number of hydrogen-bond acceptors (Lipinski definition) is 4. The van der Waals surface area contributed by atoms with E-state index in [2.05, 4.69) is 28.6 Å². The number of hydrogen-bond donors (Lipinski definition) is 1. The van der Waals surface area contributed by atoms with Crippen molar-refractivity contribution in [1.29, 1.82) is 0 Å². The minimum Gasteiger partial charge on any atom is -0.340 e. The predicted octanol–water partition coefficient (Wildman–Crippen LogP) is 5.61. The molecule has 28 heavy (non-hydrogen) atoms. The maximum atomic E-state index is 4.80. The second-order valence-corrected chi connectivity index (χ2v) is 7.43. The van der Waals surface area contributed by atoms with E-state index in [9.17, 15) is 0 Å². The standard InChI is InChI=1S/C23H23N5/c1-3-8-17(9-4-1)18-12-13-21-20(16-18)22(25-19-10-5-2-6-11-19)27-23(26-21)28-15-7-14-24-28/h2,5-7,10-17H,1,3-4,8-9H2,(H,25,26,27). The molecule has 140 valence electrons. The molecule has 1 aliphatic carbocycles. The van der Waals surface area contributed by atoms with Crippen molar-refractivity contribution in [2.75, 3.05) is 5.32 Å². The molecule has 0 aliphatic heterocycles. The second-order valence-electron chi connectivity index (χ2n) is 7.43. The van der Waals surface area contributed by atoms with E-state index in [4.69, 9.17) is 9.97 Å². The summed E-state index contributed by atoms with van der Waals surface area (Å²) in [6.45, 7) is 0. The molecular formula is C23H23N5. The van der Waals surface area contributed by atoms with E-state index in [1.54, 1.807) is 10.9 Å². The summed E-state index contributed by atoms with van der Waals surface area (Å²) in [5.41, 5.74) is 3.34. The van der Waals surface area contributed by atoms with Crippen LogP contribution in [-0.4, -0.2) is 19.7 Å². The number of fused-ring (bicyclic) bond motifs is 1. The van der Waals surface area contributed by atoms with Crippen LogP contribution in [0.2, 0.25) is 0 Å². The summed E-state index contributed by atoms with van der Waals surface area (Å²) in [6.07, 6.45) is 10.2. The third-order valence-electron chi connectivity index (χ3n) is 5.53. The lowest BCUT2D eigenvalue weighted by molar-refractivity contribution is 0.444. The van der Waals surface area contributed by atoms with Gasteiger partial charge in [-0.05, 0) is 54.7 Å². The van der Waals surface area contributed by atoms with Crippen molar-refractivity contribution < 1.29 is 0 Å². The van der Waals surface area contributed by atoms with Crippen LogP contribution in [-0.2, 0) is 0 Å². The Balaban J connectivity index is 1.62. The van der Waals surface area contributed by atoms with E-state index in [0.717, 1.165) is 22.4 Å². The van der Waals surface area contributed by atoms with Gasteiger partial charge in [0.25, 0.3) is 5.95 Å². The highest BCUT2D eigenvalue weighted by atomic mass is 15.3. The van der Waals surface area contributed by atoms with E-state index in [0.29, 0.717) is 11.9 Å². The lowest BCUT2D eigenvalue weighted by Gasteiger charge is -2.22. The van der Waals surface area contributed by atoms with Crippen LogP contribution in [0, 0.1) is 0 Å². The lowest BCUT2D eigenvalue weighted by atomic mass is 9.84. The maximum absolute atomic E-state index is 4.80. The molecule has 1 fully saturated rings. The van der Waals surface area contributed by atoms with Crippen LogP contribution in [0.15, 0.2) is 67.0 Å². The van der Waals surface area contributed by atoms with Gasteiger partial charge < -0.3 is 5.32 Å². The molecule has 1 N–H and O–H groups in total. The summed E-state index contributed by atoms with van der Waals surface area (Å²) >= 11 is 0. The Kier molecular flexibility index (Phi) is 4.49. The van der Waals surface area contributed by atoms with Gasteiger partial charge in [-0.15, -0.1) is 0 Å². The fraction of sp³-hybridized carbons (Fsp3) is 0.261. The Morgan fingerprint density at radius 1 is 0.893 bits per heavy atom. The normalized spacial score (nSPS) is 15.0. The Hall–Kier alpha value is -3.21. The first-order valence-corrected chi connectivity index (χ1v) is 10.0. The minimum atomic E-state index is 0.571. The lowest BCUT2D eigenvalue weighted by Crippen LogP contribution is -2.07. The van der Waals surface area contributed by atoms with E-state index in [1.807, 2.05) is 42.6 Å². The first-order valence-electron chi connectivity index (χ1n) is 10.0. The van der Waals surface area contributed by atoms with Gasteiger partial charge in [0.2, 0.25) is 0 Å². The average molecular weight is 369 g/mol. The van der Waals surface area contributed by atoms with Crippen molar-refractivity contribution in [3.63, 3.8) is 0 Å². The Morgan fingerprint density at radius 2 is 1.75 bits per heavy atom. The van der Waals surface area contributed by atoms with Gasteiger partial charge in [-0.3, -0.25) is 0 Å². The van der Waals surface area contributed by atoms with Crippen molar-refractivity contribution in [2.45, 2.75) is 38.0 Å². The molecule has 0 saturated heterocycles. The van der Waals surface area contributed by atoms with Crippen molar-refractivity contribution in [3.05, 3.63) is 72.6 Å². The zero-order valence-corrected chi connectivity index (χ0v) is 15.8. The van der Waals surface area contributed by atoms with Gasteiger partial charge in [-0.25, -0.2) is 9.67 Å². The van der Waals surface area contributed by atoms with Crippen molar-refractivity contribution in [1.82, 2.24) is 19.7 Å². The zero-order chi connectivity index (χ0) is 18.8. The summed E-state index contributed by atoms with van der Waals surface area (Å²) in [6, 6.07) is 18.7. The van der Waals surface area contributed by atoms with Crippen LogP contribution in [0.3, 0.4) is 0 Å². The number of nitrogens with zero attached hydrogens (tertiary/aromatic N) is 4. The fourth-order valence-electron chi connectivity index (χ4n) is 4.07. The van der Waals surface area contributed by atoms with Crippen molar-refractivity contribution >= 4 is 22.4 Å². The minimum absolute atomic E-state index is 0.571. The number of benzene rings is 2. The van der Waals surface area contributed by atoms with E-state index in [-0.39, 0.29) is 0 Å². The highest BCUT2D eigenvalue weighted by Crippen LogP contribution is 2.35. The smallest absolute Gasteiger partial charge is 0.253 e. The number of nitrogens with one attached hydrogen (secondary N) is 1.